The van der Waals surface area contributed by atoms with Crippen molar-refractivity contribution in [3.63, 3.8) is 0 Å². The van der Waals surface area contributed by atoms with E-state index in [9.17, 15) is 19.8 Å². The predicted octanol–water partition coefficient (Wildman–Crippen LogP) is 2.50. The lowest BCUT2D eigenvalue weighted by Crippen LogP contribution is -2.62. The highest BCUT2D eigenvalue weighted by Gasteiger charge is 2.74. The van der Waals surface area contributed by atoms with Gasteiger partial charge >= 0.3 is 5.97 Å². The zero-order valence-electron chi connectivity index (χ0n) is 15.1. The van der Waals surface area contributed by atoms with Gasteiger partial charge in [-0.25, -0.2) is 0 Å². The van der Waals surface area contributed by atoms with Crippen LogP contribution in [0.4, 0.5) is 0 Å². The van der Waals surface area contributed by atoms with E-state index < -0.39 is 17.0 Å². The van der Waals surface area contributed by atoms with E-state index in [4.69, 9.17) is 4.74 Å². The van der Waals surface area contributed by atoms with E-state index >= 15 is 0 Å². The van der Waals surface area contributed by atoms with Crippen molar-refractivity contribution < 1.29 is 24.5 Å². The molecule has 0 radical (unpaired) electrons. The second-order valence-electron chi connectivity index (χ2n) is 8.80. The van der Waals surface area contributed by atoms with Crippen molar-refractivity contribution in [2.45, 2.75) is 57.0 Å². The lowest BCUT2D eigenvalue weighted by Gasteiger charge is -2.55. The molecule has 5 nitrogen and oxygen atoms in total. The Balaban J connectivity index is 1.80. The van der Waals surface area contributed by atoms with E-state index in [0.29, 0.717) is 30.2 Å². The lowest BCUT2D eigenvalue weighted by molar-refractivity contribution is -0.154. The smallest absolute Gasteiger partial charge is 0.308 e. The number of aromatic hydroxyl groups is 1. The average Bonchev–Trinajstić information content (AvgIpc) is 2.69. The molecule has 0 heterocycles. The summed E-state index contributed by atoms with van der Waals surface area (Å²) in [5.41, 5.74) is -0.0976. The van der Waals surface area contributed by atoms with Crippen LogP contribution in [0.2, 0.25) is 0 Å². The molecule has 1 aromatic rings. The van der Waals surface area contributed by atoms with E-state index in [1.165, 1.54) is 6.92 Å². The number of esters is 1. The largest absolute Gasteiger partial charge is 0.504 e. The number of phenols is 1. The van der Waals surface area contributed by atoms with E-state index in [1.807, 2.05) is 13.0 Å². The van der Waals surface area contributed by atoms with Crippen LogP contribution in [0, 0.1) is 23.7 Å². The summed E-state index contributed by atoms with van der Waals surface area (Å²) < 4.78 is 5.21. The standard InChI is InChI=1S/C21H24O5/c1-10-16(23)5-6-21(25)15-8-13-7-12-3-4-17(26-11(2)22)19(24)18(12)20(10,21)9-14(13)15/h3-4,10,13-15,24-25H,5-9H2,1-2H3/t10-,13?,14?,15+,20?,21?/m0/s1. The Morgan fingerprint density at radius 1 is 1.35 bits per heavy atom. The van der Waals surface area contributed by atoms with Crippen molar-refractivity contribution >= 4 is 11.8 Å². The van der Waals surface area contributed by atoms with Crippen LogP contribution in [-0.4, -0.2) is 27.6 Å². The van der Waals surface area contributed by atoms with Gasteiger partial charge in [-0.2, -0.15) is 0 Å². The monoisotopic (exact) mass is 356 g/mol. The summed E-state index contributed by atoms with van der Waals surface area (Å²) in [7, 11) is 0. The molecule has 3 saturated carbocycles. The van der Waals surface area contributed by atoms with Crippen LogP contribution in [0.5, 0.6) is 11.5 Å². The number of rotatable bonds is 1. The van der Waals surface area contributed by atoms with Gasteiger partial charge in [0, 0.05) is 30.2 Å². The first-order valence-electron chi connectivity index (χ1n) is 9.58. The maximum absolute atomic E-state index is 12.7. The molecule has 4 unspecified atom stereocenters. The maximum Gasteiger partial charge on any atom is 0.308 e. The van der Waals surface area contributed by atoms with Crippen molar-refractivity contribution in [2.24, 2.45) is 23.7 Å². The molecule has 26 heavy (non-hydrogen) atoms. The summed E-state index contributed by atoms with van der Waals surface area (Å²) in [6, 6.07) is 3.54. The van der Waals surface area contributed by atoms with Gasteiger partial charge in [0.05, 0.1) is 5.60 Å². The highest BCUT2D eigenvalue weighted by Crippen LogP contribution is 2.73. The molecule has 0 amide bonds. The minimum absolute atomic E-state index is 0.0698. The van der Waals surface area contributed by atoms with Gasteiger partial charge in [0.1, 0.15) is 5.78 Å². The minimum Gasteiger partial charge on any atom is -0.504 e. The molecule has 5 rings (SSSR count). The Morgan fingerprint density at radius 3 is 2.85 bits per heavy atom. The Kier molecular flexibility index (Phi) is 3.06. The molecule has 2 N–H and O–H groups in total. The van der Waals surface area contributed by atoms with Crippen LogP contribution < -0.4 is 4.74 Å². The highest BCUT2D eigenvalue weighted by atomic mass is 16.5. The summed E-state index contributed by atoms with van der Waals surface area (Å²) in [5.74, 6) is 0.443. The molecular weight excluding hydrogens is 332 g/mol. The fourth-order valence-corrected chi connectivity index (χ4v) is 6.88. The number of carbonyl (C=O) groups is 2. The number of hydrogen-bond donors (Lipinski definition) is 2. The van der Waals surface area contributed by atoms with Gasteiger partial charge in [-0.15, -0.1) is 0 Å². The molecule has 4 aliphatic carbocycles. The fraction of sp³-hybridized carbons (Fsp3) is 0.619. The molecule has 0 aliphatic heterocycles. The van der Waals surface area contributed by atoms with Gasteiger partial charge in [0.2, 0.25) is 0 Å². The van der Waals surface area contributed by atoms with E-state index in [2.05, 4.69) is 0 Å². The zero-order valence-corrected chi connectivity index (χ0v) is 15.1. The molecule has 0 saturated heterocycles. The number of hydrogen-bond acceptors (Lipinski definition) is 5. The number of fused-ring (bicyclic) bond motifs is 2. The Hall–Kier alpha value is -1.88. The van der Waals surface area contributed by atoms with Crippen molar-refractivity contribution in [1.82, 2.24) is 0 Å². The molecule has 5 heteroatoms. The van der Waals surface area contributed by atoms with Gasteiger partial charge < -0.3 is 14.9 Å². The molecule has 1 spiro atoms. The average molecular weight is 356 g/mol. The maximum atomic E-state index is 12.7. The summed E-state index contributed by atoms with van der Waals surface area (Å²) in [5, 5.41) is 22.9. The molecule has 6 atom stereocenters. The minimum atomic E-state index is -0.969. The molecule has 2 bridgehead atoms. The second-order valence-corrected chi connectivity index (χ2v) is 8.80. The number of benzene rings is 1. The van der Waals surface area contributed by atoms with E-state index in [0.717, 1.165) is 24.8 Å². The number of phenolic OH excluding ortho intramolecular Hbond substituents is 1. The van der Waals surface area contributed by atoms with Gasteiger partial charge in [-0.3, -0.25) is 9.59 Å². The number of ether oxygens (including phenoxy) is 1. The highest BCUT2D eigenvalue weighted by molar-refractivity contribution is 5.85. The Morgan fingerprint density at radius 2 is 2.12 bits per heavy atom. The van der Waals surface area contributed by atoms with Crippen molar-refractivity contribution in [1.29, 1.82) is 0 Å². The van der Waals surface area contributed by atoms with Gasteiger partial charge in [0.15, 0.2) is 11.5 Å². The summed E-state index contributed by atoms with van der Waals surface area (Å²) in [6.07, 6.45) is 3.43. The van der Waals surface area contributed by atoms with Crippen molar-refractivity contribution in [2.75, 3.05) is 0 Å². The molecule has 138 valence electrons. The van der Waals surface area contributed by atoms with Crippen LogP contribution in [0.25, 0.3) is 0 Å². The summed E-state index contributed by atoms with van der Waals surface area (Å²) >= 11 is 0. The van der Waals surface area contributed by atoms with Gasteiger partial charge in [-0.1, -0.05) is 13.0 Å². The van der Waals surface area contributed by atoms with Crippen LogP contribution in [0.15, 0.2) is 12.1 Å². The normalized spacial score (nSPS) is 42.3. The van der Waals surface area contributed by atoms with Crippen molar-refractivity contribution in [3.05, 3.63) is 23.3 Å². The number of Topliss-reactive ketones (excluding diaryl/α,β-unsaturated/α-hetero) is 1. The van der Waals surface area contributed by atoms with Gasteiger partial charge in [-0.05, 0) is 55.1 Å². The lowest BCUT2D eigenvalue weighted by atomic mass is 9.51. The van der Waals surface area contributed by atoms with Crippen LogP contribution >= 0.6 is 0 Å². The van der Waals surface area contributed by atoms with Crippen LogP contribution in [0.1, 0.15) is 50.7 Å². The number of carbonyl (C=O) groups excluding carboxylic acids is 2. The third-order valence-electron chi connectivity index (χ3n) is 8.01. The first kappa shape index (κ1) is 16.3. The quantitative estimate of drug-likeness (QED) is 0.597. The zero-order chi connectivity index (χ0) is 18.4. The topological polar surface area (TPSA) is 83.8 Å². The fourth-order valence-electron chi connectivity index (χ4n) is 6.88. The SMILES string of the molecule is CC(=O)Oc1ccc2c(c1O)C13CC4C(C2)C[C@H]4C1(O)CCC(=O)[C@@H]3C. The molecule has 1 aromatic carbocycles. The summed E-state index contributed by atoms with van der Waals surface area (Å²) in [6.45, 7) is 3.20. The molecular formula is C21H24O5. The predicted molar refractivity (Wildman–Crippen MR) is 92.9 cm³/mol. The third kappa shape index (κ3) is 1.66. The van der Waals surface area contributed by atoms with E-state index in [-0.39, 0.29) is 29.1 Å². The Bertz CT molecular complexity index is 845. The third-order valence-corrected chi connectivity index (χ3v) is 8.01. The van der Waals surface area contributed by atoms with Crippen molar-refractivity contribution in [3.8, 4) is 11.5 Å². The first-order chi connectivity index (χ1) is 12.3. The van der Waals surface area contributed by atoms with E-state index in [1.54, 1.807) is 6.07 Å². The molecule has 3 fully saturated rings. The number of ketones is 1. The molecule has 0 aromatic heterocycles. The van der Waals surface area contributed by atoms with Gasteiger partial charge in [0.25, 0.3) is 0 Å². The summed E-state index contributed by atoms with van der Waals surface area (Å²) in [4.78, 5) is 24.2. The van der Waals surface area contributed by atoms with Crippen LogP contribution in [0.3, 0.4) is 0 Å². The van der Waals surface area contributed by atoms with Crippen LogP contribution in [-0.2, 0) is 21.4 Å². The first-order valence-corrected chi connectivity index (χ1v) is 9.58. The molecule has 4 aliphatic rings. The number of aliphatic hydroxyl groups is 1. The second kappa shape index (κ2) is 4.89. The Labute approximate surface area is 152 Å².